The van der Waals surface area contributed by atoms with Crippen LogP contribution >= 0.6 is 46.0 Å². The number of halogens is 2. The van der Waals surface area contributed by atoms with E-state index in [9.17, 15) is 4.79 Å². The lowest BCUT2D eigenvalue weighted by Crippen LogP contribution is -2.34. The number of carbonyl (C=O) groups is 1. The summed E-state index contributed by atoms with van der Waals surface area (Å²) in [6.45, 7) is 4.12. The molecule has 0 radical (unpaired) electrons. The molecule has 1 rings (SSSR count). The zero-order chi connectivity index (χ0) is 12.8. The van der Waals surface area contributed by atoms with Crippen LogP contribution in [-0.2, 0) is 0 Å². The molecule has 1 aromatic rings. The second-order valence-corrected chi connectivity index (χ2v) is 6.55. The Kier molecular flexibility index (Phi) is 6.66. The number of amides is 1. The highest BCUT2D eigenvalue weighted by Gasteiger charge is 2.10. The molecule has 1 atom stereocenters. The molecule has 0 aliphatic carbocycles. The zero-order valence-electron chi connectivity index (χ0n) is 9.80. The molecule has 1 unspecified atom stereocenters. The van der Waals surface area contributed by atoms with Crippen LogP contribution in [0.2, 0.25) is 5.02 Å². The molecule has 1 N–H and O–H groups in total. The lowest BCUT2D eigenvalue weighted by Gasteiger charge is -2.13. The standard InChI is InChI=1S/C12H15ClINOS/c1-3-17-7-8(2)15-12(16)9-4-5-11(14)10(13)6-9/h4-6,8H,3,7H2,1-2H3,(H,15,16). The molecule has 0 saturated carbocycles. The van der Waals surface area contributed by atoms with Crippen molar-refractivity contribution in [2.75, 3.05) is 11.5 Å². The van der Waals surface area contributed by atoms with E-state index in [0.717, 1.165) is 15.1 Å². The van der Waals surface area contributed by atoms with Gasteiger partial charge < -0.3 is 5.32 Å². The summed E-state index contributed by atoms with van der Waals surface area (Å²) in [6.07, 6.45) is 0. The SMILES string of the molecule is CCSCC(C)NC(=O)c1ccc(I)c(Cl)c1. The van der Waals surface area contributed by atoms with Crippen LogP contribution < -0.4 is 5.32 Å². The average molecular weight is 384 g/mol. The summed E-state index contributed by atoms with van der Waals surface area (Å²) < 4.78 is 0.954. The highest BCUT2D eigenvalue weighted by Crippen LogP contribution is 2.19. The Labute approximate surface area is 125 Å². The van der Waals surface area contributed by atoms with Crippen molar-refractivity contribution in [3.63, 3.8) is 0 Å². The van der Waals surface area contributed by atoms with Gasteiger partial charge in [-0.2, -0.15) is 11.8 Å². The third-order valence-corrected chi connectivity index (χ3v) is 4.85. The van der Waals surface area contributed by atoms with Gasteiger partial charge in [-0.1, -0.05) is 18.5 Å². The highest BCUT2D eigenvalue weighted by atomic mass is 127. The van der Waals surface area contributed by atoms with Crippen LogP contribution in [0.1, 0.15) is 24.2 Å². The molecule has 1 amide bonds. The lowest BCUT2D eigenvalue weighted by molar-refractivity contribution is 0.0944. The van der Waals surface area contributed by atoms with Gasteiger partial charge >= 0.3 is 0 Å². The molecular formula is C12H15ClINOS. The van der Waals surface area contributed by atoms with Crippen molar-refractivity contribution < 1.29 is 4.79 Å². The largest absolute Gasteiger partial charge is 0.349 e. The van der Waals surface area contributed by atoms with E-state index in [1.807, 2.05) is 24.8 Å². The van der Waals surface area contributed by atoms with E-state index in [-0.39, 0.29) is 11.9 Å². The van der Waals surface area contributed by atoms with E-state index in [0.29, 0.717) is 10.6 Å². The van der Waals surface area contributed by atoms with Gasteiger partial charge in [-0.3, -0.25) is 4.79 Å². The Morgan fingerprint density at radius 2 is 2.29 bits per heavy atom. The zero-order valence-corrected chi connectivity index (χ0v) is 13.5. The number of nitrogens with one attached hydrogen (secondary N) is 1. The van der Waals surface area contributed by atoms with Crippen LogP contribution in [0.5, 0.6) is 0 Å². The average Bonchev–Trinajstić information content (AvgIpc) is 2.30. The fourth-order valence-corrected chi connectivity index (χ4v) is 2.47. The summed E-state index contributed by atoms with van der Waals surface area (Å²) in [6, 6.07) is 5.52. The van der Waals surface area contributed by atoms with Gasteiger partial charge in [0.2, 0.25) is 0 Å². The lowest BCUT2D eigenvalue weighted by atomic mass is 10.2. The molecule has 0 saturated heterocycles. The van der Waals surface area contributed by atoms with Gasteiger partial charge in [0.15, 0.2) is 0 Å². The number of benzene rings is 1. The first-order valence-corrected chi connectivity index (χ1v) is 7.99. The monoisotopic (exact) mass is 383 g/mol. The second kappa shape index (κ2) is 7.48. The maximum atomic E-state index is 11.9. The molecule has 5 heteroatoms. The van der Waals surface area contributed by atoms with Gasteiger partial charge in [0.25, 0.3) is 5.91 Å². The Hall–Kier alpha value is 0.0600. The first-order chi connectivity index (χ1) is 8.04. The summed E-state index contributed by atoms with van der Waals surface area (Å²) in [5.41, 5.74) is 0.615. The fourth-order valence-electron chi connectivity index (χ4n) is 1.28. The number of hydrogen-bond donors (Lipinski definition) is 1. The smallest absolute Gasteiger partial charge is 0.251 e. The second-order valence-electron chi connectivity index (χ2n) is 3.66. The van der Waals surface area contributed by atoms with Crippen LogP contribution in [0.4, 0.5) is 0 Å². The van der Waals surface area contributed by atoms with Crippen molar-refractivity contribution in [2.24, 2.45) is 0 Å². The third kappa shape index (κ3) is 5.06. The molecule has 0 bridgehead atoms. The van der Waals surface area contributed by atoms with Gasteiger partial charge in [-0.05, 0) is 53.5 Å². The minimum atomic E-state index is -0.0625. The predicted molar refractivity (Wildman–Crippen MR) is 84.1 cm³/mol. The van der Waals surface area contributed by atoms with Crippen LogP contribution in [0.25, 0.3) is 0 Å². The van der Waals surface area contributed by atoms with E-state index >= 15 is 0 Å². The van der Waals surface area contributed by atoms with Gasteiger partial charge in [-0.25, -0.2) is 0 Å². The Bertz CT molecular complexity index is 400. The maximum absolute atomic E-state index is 11.9. The van der Waals surface area contributed by atoms with E-state index in [4.69, 9.17) is 11.6 Å². The van der Waals surface area contributed by atoms with Gasteiger partial charge in [0, 0.05) is 20.9 Å². The van der Waals surface area contributed by atoms with Crippen LogP contribution in [0.15, 0.2) is 18.2 Å². The molecule has 1 aromatic carbocycles. The van der Waals surface area contributed by atoms with Gasteiger partial charge in [-0.15, -0.1) is 0 Å². The molecule has 0 aromatic heterocycles. The van der Waals surface area contributed by atoms with Crippen molar-refractivity contribution in [1.82, 2.24) is 5.32 Å². The summed E-state index contributed by atoms with van der Waals surface area (Å²) in [5, 5.41) is 3.58. The van der Waals surface area contributed by atoms with E-state index < -0.39 is 0 Å². The molecular weight excluding hydrogens is 369 g/mol. The molecule has 0 fully saturated rings. The van der Waals surface area contributed by atoms with Crippen molar-refractivity contribution in [3.05, 3.63) is 32.4 Å². The van der Waals surface area contributed by atoms with E-state index in [2.05, 4.69) is 34.8 Å². The number of hydrogen-bond acceptors (Lipinski definition) is 2. The molecule has 0 aliphatic rings. The quantitative estimate of drug-likeness (QED) is 0.783. The molecule has 0 heterocycles. The molecule has 2 nitrogen and oxygen atoms in total. The molecule has 94 valence electrons. The minimum absolute atomic E-state index is 0.0625. The van der Waals surface area contributed by atoms with E-state index in [1.165, 1.54) is 0 Å². The Morgan fingerprint density at radius 1 is 1.59 bits per heavy atom. The number of carbonyl (C=O) groups excluding carboxylic acids is 1. The first kappa shape index (κ1) is 15.1. The van der Waals surface area contributed by atoms with E-state index in [1.54, 1.807) is 12.1 Å². The number of rotatable bonds is 5. The van der Waals surface area contributed by atoms with Gasteiger partial charge in [0.1, 0.15) is 0 Å². The summed E-state index contributed by atoms with van der Waals surface area (Å²) in [4.78, 5) is 11.9. The Balaban J connectivity index is 2.60. The van der Waals surface area contributed by atoms with Crippen molar-refractivity contribution in [2.45, 2.75) is 19.9 Å². The maximum Gasteiger partial charge on any atom is 0.251 e. The molecule has 0 aliphatic heterocycles. The normalized spacial score (nSPS) is 12.2. The molecule has 17 heavy (non-hydrogen) atoms. The third-order valence-electron chi connectivity index (χ3n) is 2.13. The summed E-state index contributed by atoms with van der Waals surface area (Å²) in [7, 11) is 0. The van der Waals surface area contributed by atoms with Crippen LogP contribution in [-0.4, -0.2) is 23.5 Å². The Morgan fingerprint density at radius 3 is 2.88 bits per heavy atom. The fraction of sp³-hybridized carbons (Fsp3) is 0.417. The molecule has 0 spiro atoms. The van der Waals surface area contributed by atoms with Crippen LogP contribution in [0.3, 0.4) is 0 Å². The predicted octanol–water partition coefficient (Wildman–Crippen LogP) is 3.82. The van der Waals surface area contributed by atoms with Gasteiger partial charge in [0.05, 0.1) is 5.02 Å². The van der Waals surface area contributed by atoms with Crippen molar-refractivity contribution >= 4 is 51.9 Å². The topological polar surface area (TPSA) is 29.1 Å². The van der Waals surface area contributed by atoms with Crippen LogP contribution in [0, 0.1) is 3.57 Å². The first-order valence-electron chi connectivity index (χ1n) is 5.38. The van der Waals surface area contributed by atoms with Crippen molar-refractivity contribution in [3.8, 4) is 0 Å². The number of thioether (sulfide) groups is 1. The summed E-state index contributed by atoms with van der Waals surface area (Å²) in [5.74, 6) is 1.93. The minimum Gasteiger partial charge on any atom is -0.349 e. The summed E-state index contributed by atoms with van der Waals surface area (Å²) >= 11 is 9.94. The van der Waals surface area contributed by atoms with Crippen molar-refractivity contribution in [1.29, 1.82) is 0 Å². The highest BCUT2D eigenvalue weighted by molar-refractivity contribution is 14.1.